The highest BCUT2D eigenvalue weighted by Crippen LogP contribution is 2.29. The van der Waals surface area contributed by atoms with Crippen LogP contribution in [0.15, 0.2) is 12.1 Å². The zero-order chi connectivity index (χ0) is 20.5. The van der Waals surface area contributed by atoms with Crippen molar-refractivity contribution in [3.05, 3.63) is 12.1 Å². The summed E-state index contributed by atoms with van der Waals surface area (Å²) >= 11 is 1.51. The molecule has 158 valence electrons. The Kier molecular flexibility index (Phi) is 5.16. The number of thiazole rings is 1. The van der Waals surface area contributed by atoms with Gasteiger partial charge in [-0.15, -0.1) is 0 Å². The van der Waals surface area contributed by atoms with Crippen LogP contribution in [-0.4, -0.2) is 75.8 Å². The van der Waals surface area contributed by atoms with Gasteiger partial charge < -0.3 is 25.4 Å². The third-order valence-electron chi connectivity index (χ3n) is 5.71. The Morgan fingerprint density at radius 2 is 1.53 bits per heavy atom. The molecule has 0 unspecified atom stereocenters. The molecular weight excluding hydrogens is 402 g/mol. The number of anilines is 2. The summed E-state index contributed by atoms with van der Waals surface area (Å²) in [5.74, 6) is 0.819. The Bertz CT molecular complexity index is 947. The Labute approximate surface area is 177 Å². The van der Waals surface area contributed by atoms with E-state index in [-0.39, 0.29) is 24.9 Å². The van der Waals surface area contributed by atoms with Crippen molar-refractivity contribution in [2.45, 2.75) is 25.7 Å². The van der Waals surface area contributed by atoms with Gasteiger partial charge in [0.05, 0.1) is 34.3 Å². The monoisotopic (exact) mass is 427 g/mol. The third-order valence-corrected chi connectivity index (χ3v) is 6.68. The zero-order valence-electron chi connectivity index (χ0n) is 16.7. The number of likely N-dealkylation sites (tertiary alicyclic amines) is 2. The lowest BCUT2D eigenvalue weighted by molar-refractivity contribution is -0.129. The molecule has 0 radical (unpaired) electrons. The molecule has 3 N–H and O–H groups in total. The van der Waals surface area contributed by atoms with Crippen LogP contribution in [-0.2, 0) is 9.59 Å². The van der Waals surface area contributed by atoms with Crippen molar-refractivity contribution >= 4 is 55.5 Å². The number of H-pyrrole nitrogens is 1. The highest BCUT2D eigenvalue weighted by Gasteiger charge is 2.19. The van der Waals surface area contributed by atoms with Crippen LogP contribution in [0.2, 0.25) is 0 Å². The minimum Gasteiger partial charge on any atom is -0.352 e. The first-order valence-electron chi connectivity index (χ1n) is 10.5. The Morgan fingerprint density at radius 1 is 0.900 bits per heavy atom. The second-order valence-corrected chi connectivity index (χ2v) is 8.86. The molecule has 0 atom stereocenters. The van der Waals surface area contributed by atoms with Crippen LogP contribution in [0.4, 0.5) is 11.1 Å². The van der Waals surface area contributed by atoms with Crippen molar-refractivity contribution in [3.8, 4) is 0 Å². The second kappa shape index (κ2) is 8.10. The summed E-state index contributed by atoms with van der Waals surface area (Å²) in [5.41, 5.74) is 2.54. The van der Waals surface area contributed by atoms with Gasteiger partial charge in [0, 0.05) is 26.2 Å². The number of imidazole rings is 1. The summed E-state index contributed by atoms with van der Waals surface area (Å²) in [7, 11) is 0. The van der Waals surface area contributed by atoms with Crippen molar-refractivity contribution in [3.63, 3.8) is 0 Å². The maximum Gasteiger partial charge on any atom is 0.241 e. The predicted octanol–water partition coefficient (Wildman–Crippen LogP) is 2.24. The van der Waals surface area contributed by atoms with Gasteiger partial charge in [0.2, 0.25) is 17.8 Å². The molecule has 9 nitrogen and oxygen atoms in total. The number of hydrogen-bond donors (Lipinski definition) is 3. The number of amides is 2. The molecule has 0 saturated carbocycles. The van der Waals surface area contributed by atoms with E-state index in [1.165, 1.54) is 11.3 Å². The highest BCUT2D eigenvalue weighted by atomic mass is 32.1. The smallest absolute Gasteiger partial charge is 0.241 e. The average molecular weight is 428 g/mol. The van der Waals surface area contributed by atoms with E-state index in [1.807, 2.05) is 21.9 Å². The first-order chi connectivity index (χ1) is 14.7. The maximum atomic E-state index is 12.2. The molecule has 1 aromatic carbocycles. The Hall–Kier alpha value is -2.88. The minimum absolute atomic E-state index is 0.106. The van der Waals surface area contributed by atoms with Crippen molar-refractivity contribution in [1.82, 2.24) is 24.8 Å². The first kappa shape index (κ1) is 19.1. The fourth-order valence-electron chi connectivity index (χ4n) is 4.06. The van der Waals surface area contributed by atoms with E-state index >= 15 is 0 Å². The fraction of sp³-hybridized carbons (Fsp3) is 0.500. The molecule has 4 heterocycles. The third kappa shape index (κ3) is 3.91. The van der Waals surface area contributed by atoms with Crippen LogP contribution in [0, 0.1) is 0 Å². The molecule has 0 bridgehead atoms. The lowest BCUT2D eigenvalue weighted by Gasteiger charge is -2.14. The van der Waals surface area contributed by atoms with E-state index in [1.54, 1.807) is 0 Å². The molecule has 10 heteroatoms. The number of nitrogens with zero attached hydrogens (tertiary/aromatic N) is 4. The SMILES string of the molecule is O=C(CNc1nc2cc3sc(NCC(=O)N4CCCC4)nc3cc2[nH]1)N1CCCC1. The molecule has 2 aromatic heterocycles. The summed E-state index contributed by atoms with van der Waals surface area (Å²) in [4.78, 5) is 40.6. The molecule has 2 fully saturated rings. The van der Waals surface area contributed by atoms with Crippen molar-refractivity contribution in [2.75, 3.05) is 49.9 Å². The van der Waals surface area contributed by atoms with E-state index in [0.717, 1.165) is 78.2 Å². The van der Waals surface area contributed by atoms with Crippen molar-refractivity contribution in [2.24, 2.45) is 0 Å². The fourth-order valence-corrected chi connectivity index (χ4v) is 4.93. The molecule has 2 amide bonds. The number of aromatic amines is 1. The number of aromatic nitrogens is 3. The molecule has 2 aliphatic heterocycles. The Morgan fingerprint density at radius 3 is 2.20 bits per heavy atom. The molecule has 30 heavy (non-hydrogen) atoms. The normalized spacial score (nSPS) is 16.7. The number of hydrogen-bond acceptors (Lipinski definition) is 7. The van der Waals surface area contributed by atoms with Gasteiger partial charge in [-0.25, -0.2) is 9.97 Å². The molecule has 0 aliphatic carbocycles. The standard InChI is InChI=1S/C20H25N7O2S/c28-17(26-5-1-2-6-26)11-21-19-23-13-9-15-16(10-14(13)24-19)30-20(25-15)22-12-18(29)27-7-3-4-8-27/h9-10H,1-8,11-12H2,(H,22,25)(H2,21,23,24). The van der Waals surface area contributed by atoms with Gasteiger partial charge in [0.1, 0.15) is 0 Å². The minimum atomic E-state index is 0.106. The molecule has 2 aliphatic rings. The number of carbonyl (C=O) groups excluding carboxylic acids is 2. The van der Waals surface area contributed by atoms with Crippen molar-refractivity contribution < 1.29 is 9.59 Å². The molecule has 2 saturated heterocycles. The molecule has 0 spiro atoms. The van der Waals surface area contributed by atoms with E-state index in [4.69, 9.17) is 0 Å². The van der Waals surface area contributed by atoms with Gasteiger partial charge in [0.15, 0.2) is 5.13 Å². The lowest BCUT2D eigenvalue weighted by atomic mass is 10.3. The number of benzene rings is 1. The number of nitrogens with one attached hydrogen (secondary N) is 3. The summed E-state index contributed by atoms with van der Waals surface area (Å²) < 4.78 is 1.00. The summed E-state index contributed by atoms with van der Waals surface area (Å²) in [5, 5.41) is 6.99. The molecule has 5 rings (SSSR count). The lowest BCUT2D eigenvalue weighted by Crippen LogP contribution is -2.33. The van der Waals surface area contributed by atoms with Gasteiger partial charge >= 0.3 is 0 Å². The number of fused-ring (bicyclic) bond motifs is 2. The Balaban J connectivity index is 1.24. The maximum absolute atomic E-state index is 12.2. The summed E-state index contributed by atoms with van der Waals surface area (Å²) in [6, 6.07) is 3.94. The van der Waals surface area contributed by atoms with Gasteiger partial charge in [-0.3, -0.25) is 9.59 Å². The summed E-state index contributed by atoms with van der Waals surface area (Å²) in [6.45, 7) is 3.93. The van der Waals surface area contributed by atoms with Gasteiger partial charge in [-0.05, 0) is 37.8 Å². The van der Waals surface area contributed by atoms with Crippen LogP contribution in [0.1, 0.15) is 25.7 Å². The summed E-state index contributed by atoms with van der Waals surface area (Å²) in [6.07, 6.45) is 4.36. The average Bonchev–Trinajstić information content (AvgIpc) is 3.53. The zero-order valence-corrected chi connectivity index (χ0v) is 17.6. The van der Waals surface area contributed by atoms with Gasteiger partial charge in [-0.2, -0.15) is 0 Å². The van der Waals surface area contributed by atoms with Crippen LogP contribution in [0.5, 0.6) is 0 Å². The number of rotatable bonds is 6. The number of carbonyl (C=O) groups is 2. The van der Waals surface area contributed by atoms with E-state index in [9.17, 15) is 9.59 Å². The molecular formula is C20H25N7O2S. The van der Waals surface area contributed by atoms with Gasteiger partial charge in [0.25, 0.3) is 0 Å². The van der Waals surface area contributed by atoms with Crippen LogP contribution < -0.4 is 10.6 Å². The van der Waals surface area contributed by atoms with E-state index in [2.05, 4.69) is 25.6 Å². The molecule has 3 aromatic rings. The van der Waals surface area contributed by atoms with Crippen LogP contribution >= 0.6 is 11.3 Å². The van der Waals surface area contributed by atoms with Crippen molar-refractivity contribution in [1.29, 1.82) is 0 Å². The first-order valence-corrected chi connectivity index (χ1v) is 11.3. The van der Waals surface area contributed by atoms with Crippen LogP contribution in [0.25, 0.3) is 21.3 Å². The second-order valence-electron chi connectivity index (χ2n) is 7.82. The van der Waals surface area contributed by atoms with E-state index < -0.39 is 0 Å². The largest absolute Gasteiger partial charge is 0.352 e. The quantitative estimate of drug-likeness (QED) is 0.557. The highest BCUT2D eigenvalue weighted by molar-refractivity contribution is 7.22. The topological polar surface area (TPSA) is 106 Å². The predicted molar refractivity (Wildman–Crippen MR) is 118 cm³/mol. The van der Waals surface area contributed by atoms with Gasteiger partial charge in [-0.1, -0.05) is 11.3 Å². The van der Waals surface area contributed by atoms with E-state index in [0.29, 0.717) is 5.95 Å². The van der Waals surface area contributed by atoms with Crippen LogP contribution in [0.3, 0.4) is 0 Å².